The number of rotatable bonds is 7. The number of halogens is 6. The zero-order chi connectivity index (χ0) is 25.3. The van der Waals surface area contributed by atoms with E-state index in [-0.39, 0.29) is 29.0 Å². The molecule has 3 rings (SSSR count). The number of amides is 1. The van der Waals surface area contributed by atoms with Crippen LogP contribution in [0, 0.1) is 5.82 Å². The maximum absolute atomic E-state index is 14.0. The van der Waals surface area contributed by atoms with Crippen LogP contribution in [0.2, 0.25) is 10.0 Å². The van der Waals surface area contributed by atoms with E-state index in [2.05, 4.69) is 4.74 Å². The highest BCUT2D eigenvalue weighted by atomic mass is 35.5. The Morgan fingerprint density at radius 1 is 1.18 bits per heavy atom. The average molecular weight is 545 g/mol. The quantitative estimate of drug-likeness (QED) is 0.505. The van der Waals surface area contributed by atoms with Gasteiger partial charge in [-0.25, -0.2) is 17.5 Å². The van der Waals surface area contributed by atoms with Crippen molar-refractivity contribution in [1.29, 1.82) is 0 Å². The number of benzene rings is 2. The summed E-state index contributed by atoms with van der Waals surface area (Å²) in [5.41, 5.74) is 0.237. The third-order valence-electron chi connectivity index (χ3n) is 4.83. The molecule has 14 heteroatoms. The van der Waals surface area contributed by atoms with Crippen molar-refractivity contribution in [3.8, 4) is 11.5 Å². The van der Waals surface area contributed by atoms with Gasteiger partial charge >= 0.3 is 6.36 Å². The molecule has 0 aromatic heterocycles. The molecular weight excluding hydrogens is 527 g/mol. The van der Waals surface area contributed by atoms with Gasteiger partial charge < -0.3 is 14.4 Å². The van der Waals surface area contributed by atoms with Gasteiger partial charge in [0.15, 0.2) is 0 Å². The smallest absolute Gasteiger partial charge is 0.490 e. The molecule has 0 aliphatic carbocycles. The lowest BCUT2D eigenvalue weighted by molar-refractivity contribution is -0.274. The first-order chi connectivity index (χ1) is 15.7. The summed E-state index contributed by atoms with van der Waals surface area (Å²) in [5, 5.41) is -0.634. The molecule has 0 bridgehead atoms. The number of anilines is 1. The van der Waals surface area contributed by atoms with Gasteiger partial charge in [-0.15, -0.1) is 13.2 Å². The molecule has 0 radical (unpaired) electrons. The lowest BCUT2D eigenvalue weighted by atomic mass is 10.1. The molecule has 1 N–H and O–H groups in total. The summed E-state index contributed by atoms with van der Waals surface area (Å²) >= 11 is 11.7. The highest BCUT2D eigenvalue weighted by Crippen LogP contribution is 2.36. The predicted molar refractivity (Wildman–Crippen MR) is 118 cm³/mol. The second-order valence-electron chi connectivity index (χ2n) is 7.43. The lowest BCUT2D eigenvalue weighted by Crippen LogP contribution is -2.35. The summed E-state index contributed by atoms with van der Waals surface area (Å²) < 4.78 is 85.6. The molecule has 34 heavy (non-hydrogen) atoms. The van der Waals surface area contributed by atoms with Crippen LogP contribution in [-0.4, -0.2) is 46.1 Å². The van der Waals surface area contributed by atoms with Crippen molar-refractivity contribution in [3.05, 3.63) is 51.8 Å². The van der Waals surface area contributed by atoms with Crippen molar-refractivity contribution in [2.24, 2.45) is 0 Å². The zero-order valence-corrected chi connectivity index (χ0v) is 19.8. The van der Waals surface area contributed by atoms with Crippen molar-refractivity contribution in [1.82, 2.24) is 4.72 Å². The van der Waals surface area contributed by atoms with Crippen molar-refractivity contribution >= 4 is 44.8 Å². The Hall–Kier alpha value is -2.44. The van der Waals surface area contributed by atoms with Crippen molar-refractivity contribution in [2.45, 2.75) is 25.2 Å². The number of carbonyl (C=O) groups is 1. The van der Waals surface area contributed by atoms with Crippen molar-refractivity contribution < 1.29 is 40.2 Å². The van der Waals surface area contributed by atoms with Crippen LogP contribution >= 0.6 is 23.2 Å². The van der Waals surface area contributed by atoms with Crippen LogP contribution in [0.1, 0.15) is 23.2 Å². The Morgan fingerprint density at radius 2 is 1.88 bits per heavy atom. The summed E-state index contributed by atoms with van der Waals surface area (Å²) in [6, 6.07) is 5.38. The SMILES string of the molecule is CS(=O)(=O)NC(=O)c1cc(Cl)c(F)cc1OC[C@@H]1CCCN1c1ccc(OC(F)(F)F)c(Cl)c1. The minimum atomic E-state index is -4.88. The van der Waals surface area contributed by atoms with Gasteiger partial charge in [0.25, 0.3) is 5.91 Å². The summed E-state index contributed by atoms with van der Waals surface area (Å²) in [5.74, 6) is -2.68. The minimum absolute atomic E-state index is 0.0430. The average Bonchev–Trinajstić information content (AvgIpc) is 3.16. The van der Waals surface area contributed by atoms with Crippen LogP contribution < -0.4 is 19.1 Å². The monoisotopic (exact) mass is 544 g/mol. The molecule has 1 atom stereocenters. The molecule has 2 aromatic carbocycles. The summed E-state index contributed by atoms with van der Waals surface area (Å²) in [4.78, 5) is 14.2. The van der Waals surface area contributed by atoms with E-state index >= 15 is 0 Å². The lowest BCUT2D eigenvalue weighted by Gasteiger charge is -2.27. The second kappa shape index (κ2) is 10.0. The highest BCUT2D eigenvalue weighted by Gasteiger charge is 2.33. The van der Waals surface area contributed by atoms with E-state index in [1.165, 1.54) is 12.1 Å². The van der Waals surface area contributed by atoms with Crippen LogP contribution in [0.25, 0.3) is 0 Å². The van der Waals surface area contributed by atoms with E-state index < -0.39 is 38.9 Å². The maximum atomic E-state index is 14.0. The predicted octanol–water partition coefficient (Wildman–Crippen LogP) is 4.77. The van der Waals surface area contributed by atoms with Gasteiger partial charge in [0.2, 0.25) is 10.0 Å². The normalized spacial score (nSPS) is 16.4. The molecule has 7 nitrogen and oxygen atoms in total. The Morgan fingerprint density at radius 3 is 2.50 bits per heavy atom. The number of carbonyl (C=O) groups excluding carboxylic acids is 1. The van der Waals surface area contributed by atoms with Crippen LogP contribution in [0.5, 0.6) is 11.5 Å². The van der Waals surface area contributed by atoms with Gasteiger partial charge in [0, 0.05) is 18.3 Å². The standard InChI is InChI=1S/C20H18Cl2F4N2O5S/c1-34(30,31)27-19(29)13-8-14(21)16(23)9-18(13)32-10-12-3-2-6-28(12)11-4-5-17(15(22)7-11)33-20(24,25)26/h4-5,7-9,12H,2-3,6,10H2,1H3,(H,27,29)/t12-/m0/s1. The fourth-order valence-electron chi connectivity index (χ4n) is 3.46. The molecular formula is C20H18Cl2F4N2O5S. The molecule has 0 unspecified atom stereocenters. The van der Waals surface area contributed by atoms with Crippen LogP contribution in [0.15, 0.2) is 30.3 Å². The molecule has 186 valence electrons. The number of ether oxygens (including phenoxy) is 2. The molecule has 1 saturated heterocycles. The van der Waals surface area contributed by atoms with Crippen LogP contribution in [0.3, 0.4) is 0 Å². The summed E-state index contributed by atoms with van der Waals surface area (Å²) in [6.45, 7) is 0.499. The topological polar surface area (TPSA) is 84.9 Å². The van der Waals surface area contributed by atoms with Crippen molar-refractivity contribution in [3.63, 3.8) is 0 Å². The van der Waals surface area contributed by atoms with Crippen LogP contribution in [0.4, 0.5) is 23.2 Å². The molecule has 1 heterocycles. The molecule has 1 amide bonds. The van der Waals surface area contributed by atoms with E-state index in [1.807, 2.05) is 4.90 Å². The number of hydrogen-bond acceptors (Lipinski definition) is 6. The van der Waals surface area contributed by atoms with E-state index in [1.54, 1.807) is 4.72 Å². The molecule has 0 spiro atoms. The highest BCUT2D eigenvalue weighted by molar-refractivity contribution is 7.89. The Balaban J connectivity index is 1.78. The fourth-order valence-corrected chi connectivity index (χ4v) is 4.28. The van der Waals surface area contributed by atoms with E-state index in [4.69, 9.17) is 27.9 Å². The number of nitrogens with zero attached hydrogens (tertiary/aromatic N) is 1. The molecule has 0 saturated carbocycles. The third-order valence-corrected chi connectivity index (χ3v) is 5.97. The molecule has 1 aliphatic rings. The van der Waals surface area contributed by atoms with Gasteiger partial charge in [-0.1, -0.05) is 23.2 Å². The van der Waals surface area contributed by atoms with Gasteiger partial charge in [-0.05, 0) is 37.1 Å². The first-order valence-electron chi connectivity index (χ1n) is 9.69. The molecule has 1 aliphatic heterocycles. The zero-order valence-electron chi connectivity index (χ0n) is 17.5. The fraction of sp³-hybridized carbons (Fsp3) is 0.350. The van der Waals surface area contributed by atoms with Crippen molar-refractivity contribution in [2.75, 3.05) is 24.3 Å². The van der Waals surface area contributed by atoms with Crippen LogP contribution in [-0.2, 0) is 10.0 Å². The minimum Gasteiger partial charge on any atom is -0.490 e. The van der Waals surface area contributed by atoms with E-state index in [0.717, 1.165) is 30.9 Å². The summed E-state index contributed by atoms with van der Waals surface area (Å²) in [7, 11) is -3.90. The molecule has 2 aromatic rings. The largest absolute Gasteiger partial charge is 0.573 e. The van der Waals surface area contributed by atoms with Gasteiger partial charge in [0.1, 0.15) is 23.9 Å². The first-order valence-corrected chi connectivity index (χ1v) is 12.3. The second-order valence-corrected chi connectivity index (χ2v) is 9.99. The Labute approximate surface area is 202 Å². The Bertz CT molecular complexity index is 1190. The number of hydrogen-bond donors (Lipinski definition) is 1. The Kier molecular flexibility index (Phi) is 7.73. The van der Waals surface area contributed by atoms with E-state index in [0.29, 0.717) is 18.7 Å². The third kappa shape index (κ3) is 6.80. The number of alkyl halides is 3. The molecule has 1 fully saturated rings. The van der Waals surface area contributed by atoms with E-state index in [9.17, 15) is 30.8 Å². The first kappa shape index (κ1) is 26.2. The van der Waals surface area contributed by atoms with Gasteiger partial charge in [-0.3, -0.25) is 4.79 Å². The maximum Gasteiger partial charge on any atom is 0.573 e. The van der Waals surface area contributed by atoms with Gasteiger partial charge in [0.05, 0.1) is 27.9 Å². The number of sulfonamides is 1. The summed E-state index contributed by atoms with van der Waals surface area (Å²) in [6.07, 6.45) is -2.75. The number of nitrogens with one attached hydrogen (secondary N) is 1. The van der Waals surface area contributed by atoms with Gasteiger partial charge in [-0.2, -0.15) is 0 Å².